The van der Waals surface area contributed by atoms with Crippen LogP contribution in [0.4, 0.5) is 4.39 Å². The molecule has 0 aliphatic heterocycles. The monoisotopic (exact) mass is 406 g/mol. The number of carbonyl (C=O) groups excluding carboxylic acids is 1. The van der Waals surface area contributed by atoms with Gasteiger partial charge in [-0.05, 0) is 30.3 Å². The van der Waals surface area contributed by atoms with Crippen LogP contribution in [0.25, 0.3) is 17.3 Å². The van der Waals surface area contributed by atoms with E-state index in [1.807, 2.05) is 0 Å². The summed E-state index contributed by atoms with van der Waals surface area (Å²) in [6.07, 6.45) is 2.98. The first kappa shape index (κ1) is 20.6. The predicted octanol–water partition coefficient (Wildman–Crippen LogP) is 3.15. The number of benzene rings is 2. The minimum Gasteiger partial charge on any atom is -0.493 e. The molecule has 0 bridgehead atoms. The summed E-state index contributed by atoms with van der Waals surface area (Å²) in [4.78, 5) is 11.5. The summed E-state index contributed by atoms with van der Waals surface area (Å²) < 4.78 is 26.2. The van der Waals surface area contributed by atoms with E-state index in [1.165, 1.54) is 31.0 Å². The van der Waals surface area contributed by atoms with Gasteiger partial charge in [0.05, 0.1) is 26.5 Å². The number of carbonyl (C=O) groups is 1. The third kappa shape index (κ3) is 4.31. The van der Waals surface area contributed by atoms with Crippen molar-refractivity contribution in [2.24, 2.45) is 5.73 Å². The van der Waals surface area contributed by atoms with Crippen molar-refractivity contribution in [2.75, 3.05) is 14.2 Å². The molecule has 7 nitrogen and oxygen atoms in total. The number of rotatable bonds is 7. The van der Waals surface area contributed by atoms with Crippen LogP contribution in [0.2, 0.25) is 0 Å². The molecule has 30 heavy (non-hydrogen) atoms. The van der Waals surface area contributed by atoms with Gasteiger partial charge < -0.3 is 15.2 Å². The number of halogens is 1. The topological polar surface area (TPSA) is 103 Å². The van der Waals surface area contributed by atoms with Crippen molar-refractivity contribution in [3.63, 3.8) is 0 Å². The number of hydrogen-bond donors (Lipinski definition) is 1. The summed E-state index contributed by atoms with van der Waals surface area (Å²) in [7, 11) is 3.04. The molecule has 1 heterocycles. The molecular weight excluding hydrogens is 387 g/mol. The zero-order valence-corrected chi connectivity index (χ0v) is 16.4. The minimum absolute atomic E-state index is 0.166. The Balaban J connectivity index is 2.13. The van der Waals surface area contributed by atoms with Crippen LogP contribution in [-0.2, 0) is 11.3 Å². The molecule has 1 amide bonds. The van der Waals surface area contributed by atoms with Gasteiger partial charge >= 0.3 is 0 Å². The normalized spacial score (nSPS) is 11.1. The first-order chi connectivity index (χ1) is 14.5. The highest BCUT2D eigenvalue weighted by Crippen LogP contribution is 2.33. The van der Waals surface area contributed by atoms with Crippen LogP contribution in [0.15, 0.2) is 54.2 Å². The van der Waals surface area contributed by atoms with Crippen LogP contribution < -0.4 is 15.2 Å². The molecule has 2 aromatic carbocycles. The van der Waals surface area contributed by atoms with E-state index in [9.17, 15) is 14.4 Å². The fourth-order valence-electron chi connectivity index (χ4n) is 2.95. The van der Waals surface area contributed by atoms with Crippen molar-refractivity contribution >= 4 is 12.0 Å². The summed E-state index contributed by atoms with van der Waals surface area (Å²) >= 11 is 0. The first-order valence-corrected chi connectivity index (χ1v) is 8.91. The molecule has 8 heteroatoms. The van der Waals surface area contributed by atoms with Crippen molar-refractivity contribution in [2.45, 2.75) is 6.54 Å². The van der Waals surface area contributed by atoms with Gasteiger partial charge in [-0.25, -0.2) is 4.39 Å². The molecule has 152 valence electrons. The van der Waals surface area contributed by atoms with Crippen LogP contribution >= 0.6 is 0 Å². The lowest BCUT2D eigenvalue weighted by Gasteiger charge is -2.09. The molecule has 0 saturated carbocycles. The van der Waals surface area contributed by atoms with Crippen molar-refractivity contribution in [3.05, 3.63) is 71.2 Å². The van der Waals surface area contributed by atoms with E-state index in [0.29, 0.717) is 33.9 Å². The van der Waals surface area contributed by atoms with Gasteiger partial charge in [-0.1, -0.05) is 18.2 Å². The Morgan fingerprint density at radius 3 is 2.60 bits per heavy atom. The lowest BCUT2D eigenvalue weighted by Crippen LogP contribution is -2.12. The molecule has 0 radical (unpaired) electrons. The van der Waals surface area contributed by atoms with Crippen molar-refractivity contribution < 1.29 is 18.7 Å². The number of nitrogens with two attached hydrogens (primary N) is 1. The summed E-state index contributed by atoms with van der Waals surface area (Å²) in [5.74, 6) is -0.173. The van der Waals surface area contributed by atoms with Gasteiger partial charge in [0.15, 0.2) is 11.5 Å². The Hall–Kier alpha value is -4.12. The number of nitriles is 1. The summed E-state index contributed by atoms with van der Waals surface area (Å²) in [5, 5.41) is 13.8. The van der Waals surface area contributed by atoms with Gasteiger partial charge in [-0.2, -0.15) is 10.4 Å². The van der Waals surface area contributed by atoms with Crippen molar-refractivity contribution in [1.82, 2.24) is 9.78 Å². The van der Waals surface area contributed by atoms with E-state index in [4.69, 9.17) is 15.2 Å². The minimum atomic E-state index is -0.849. The molecule has 0 fully saturated rings. The molecule has 3 rings (SSSR count). The number of nitrogens with zero attached hydrogens (tertiary/aromatic N) is 3. The molecule has 0 aliphatic carbocycles. The van der Waals surface area contributed by atoms with E-state index >= 15 is 0 Å². The van der Waals surface area contributed by atoms with E-state index in [2.05, 4.69) is 5.10 Å². The van der Waals surface area contributed by atoms with E-state index in [0.717, 1.165) is 0 Å². The molecule has 0 atom stereocenters. The van der Waals surface area contributed by atoms with Crippen molar-refractivity contribution in [3.8, 4) is 28.8 Å². The van der Waals surface area contributed by atoms with Crippen LogP contribution in [0.3, 0.4) is 0 Å². The van der Waals surface area contributed by atoms with Gasteiger partial charge in [0, 0.05) is 22.9 Å². The van der Waals surface area contributed by atoms with Crippen LogP contribution in [-0.4, -0.2) is 29.9 Å². The van der Waals surface area contributed by atoms with Gasteiger partial charge in [0.1, 0.15) is 17.5 Å². The Morgan fingerprint density at radius 1 is 1.23 bits per heavy atom. The molecule has 1 aromatic heterocycles. The highest BCUT2D eigenvalue weighted by atomic mass is 19.1. The van der Waals surface area contributed by atoms with Crippen molar-refractivity contribution in [1.29, 1.82) is 5.26 Å². The largest absolute Gasteiger partial charge is 0.493 e. The lowest BCUT2D eigenvalue weighted by atomic mass is 10.1. The Bertz CT molecular complexity index is 1160. The Morgan fingerprint density at radius 2 is 1.97 bits per heavy atom. The average molecular weight is 406 g/mol. The lowest BCUT2D eigenvalue weighted by molar-refractivity contribution is -0.114. The molecular formula is C22H19FN4O3. The maximum atomic E-state index is 14.1. The smallest absolute Gasteiger partial charge is 0.259 e. The third-order valence-corrected chi connectivity index (χ3v) is 4.42. The van der Waals surface area contributed by atoms with Crippen LogP contribution in [0.5, 0.6) is 11.5 Å². The van der Waals surface area contributed by atoms with Gasteiger partial charge in [-0.15, -0.1) is 0 Å². The van der Waals surface area contributed by atoms with Crippen LogP contribution in [0, 0.1) is 17.1 Å². The molecule has 0 spiro atoms. The zero-order chi connectivity index (χ0) is 21.7. The molecule has 0 aliphatic rings. The fourth-order valence-corrected chi connectivity index (χ4v) is 2.95. The maximum Gasteiger partial charge on any atom is 0.259 e. The second kappa shape index (κ2) is 8.92. The zero-order valence-electron chi connectivity index (χ0n) is 16.4. The average Bonchev–Trinajstić information content (AvgIpc) is 3.15. The molecule has 3 aromatic rings. The second-order valence-electron chi connectivity index (χ2n) is 6.33. The van der Waals surface area contributed by atoms with E-state index < -0.39 is 5.91 Å². The number of ether oxygens (including phenoxy) is 2. The first-order valence-electron chi connectivity index (χ1n) is 8.91. The molecule has 2 N–H and O–H groups in total. The highest BCUT2D eigenvalue weighted by molar-refractivity contribution is 6.01. The fraction of sp³-hybridized carbons (Fsp3) is 0.136. The Kier molecular flexibility index (Phi) is 6.13. The van der Waals surface area contributed by atoms with E-state index in [1.54, 1.807) is 48.7 Å². The standard InChI is InChI=1S/C22H19FN4O3/c1-29-19-8-7-14(10-20(19)30-2)21-17(9-16(11-24)22(25)28)13-27(26-21)12-15-5-3-4-6-18(15)23/h3-10,13H,12H2,1-2H3,(H2,25,28). The number of amides is 1. The number of primary amides is 1. The Labute approximate surface area is 172 Å². The molecule has 0 unspecified atom stereocenters. The number of hydrogen-bond acceptors (Lipinski definition) is 5. The van der Waals surface area contributed by atoms with Gasteiger partial charge in [-0.3, -0.25) is 9.48 Å². The third-order valence-electron chi connectivity index (χ3n) is 4.42. The van der Waals surface area contributed by atoms with E-state index in [-0.39, 0.29) is 17.9 Å². The second-order valence-corrected chi connectivity index (χ2v) is 6.33. The van der Waals surface area contributed by atoms with Crippen LogP contribution in [0.1, 0.15) is 11.1 Å². The number of aromatic nitrogens is 2. The summed E-state index contributed by atoms with van der Waals surface area (Å²) in [6, 6.07) is 13.4. The predicted molar refractivity (Wildman–Crippen MR) is 109 cm³/mol. The van der Waals surface area contributed by atoms with Gasteiger partial charge in [0.2, 0.25) is 0 Å². The number of methoxy groups -OCH3 is 2. The highest BCUT2D eigenvalue weighted by Gasteiger charge is 2.16. The maximum absolute atomic E-state index is 14.1. The van der Waals surface area contributed by atoms with Gasteiger partial charge in [0.25, 0.3) is 5.91 Å². The quantitative estimate of drug-likeness (QED) is 0.480. The molecule has 0 saturated heterocycles. The SMILES string of the molecule is COc1ccc(-c2nn(Cc3ccccc3F)cc2C=C(C#N)C(N)=O)cc1OC. The summed E-state index contributed by atoms with van der Waals surface area (Å²) in [6.45, 7) is 0.166. The summed E-state index contributed by atoms with van der Waals surface area (Å²) in [5.41, 5.74) is 7.12.